The zero-order valence-corrected chi connectivity index (χ0v) is 13.1. The third-order valence-electron chi connectivity index (χ3n) is 2.92. The van der Waals surface area contributed by atoms with Crippen molar-refractivity contribution in [1.29, 1.82) is 0 Å². The number of thioether (sulfide) groups is 1. The van der Waals surface area contributed by atoms with E-state index in [2.05, 4.69) is 5.32 Å². The molecule has 0 aliphatic carbocycles. The Morgan fingerprint density at radius 2 is 2.20 bits per heavy atom. The van der Waals surface area contributed by atoms with Crippen LogP contribution in [0.25, 0.3) is 0 Å². The first-order valence-electron chi connectivity index (χ1n) is 6.24. The van der Waals surface area contributed by atoms with Crippen LogP contribution < -0.4 is 11.1 Å². The molecule has 0 fully saturated rings. The standard InChI is InChI=1S/C14H22N2O3S/c1-9-5-10(16-7-14(2,18)8-20-4)6-11(12(9)15)13(17)19-3/h5-6,16,18H,7-8,15H2,1-4H3. The van der Waals surface area contributed by atoms with E-state index in [-0.39, 0.29) is 0 Å². The van der Waals surface area contributed by atoms with Gasteiger partial charge in [0.1, 0.15) is 0 Å². The molecule has 0 saturated carbocycles. The van der Waals surface area contributed by atoms with Crippen molar-refractivity contribution < 1.29 is 14.6 Å². The van der Waals surface area contributed by atoms with Crippen molar-refractivity contribution in [3.8, 4) is 0 Å². The highest BCUT2D eigenvalue weighted by Crippen LogP contribution is 2.24. The first-order valence-corrected chi connectivity index (χ1v) is 7.63. The number of aliphatic hydroxyl groups is 1. The molecule has 1 aromatic rings. The number of esters is 1. The van der Waals surface area contributed by atoms with E-state index in [4.69, 9.17) is 10.5 Å². The van der Waals surface area contributed by atoms with Gasteiger partial charge in [-0.25, -0.2) is 4.79 Å². The van der Waals surface area contributed by atoms with Crippen LogP contribution in [-0.2, 0) is 4.74 Å². The molecule has 0 heterocycles. The summed E-state index contributed by atoms with van der Waals surface area (Å²) >= 11 is 1.58. The van der Waals surface area contributed by atoms with Gasteiger partial charge in [0, 0.05) is 23.7 Å². The molecule has 1 unspecified atom stereocenters. The lowest BCUT2D eigenvalue weighted by atomic mass is 10.1. The smallest absolute Gasteiger partial charge is 0.340 e. The predicted octanol–water partition coefficient (Wildman–Crippen LogP) is 1.89. The van der Waals surface area contributed by atoms with E-state index in [0.717, 1.165) is 11.3 Å². The highest BCUT2D eigenvalue weighted by molar-refractivity contribution is 7.98. The Balaban J connectivity index is 2.92. The average Bonchev–Trinajstić information content (AvgIpc) is 2.39. The van der Waals surface area contributed by atoms with Crippen molar-refractivity contribution in [3.05, 3.63) is 23.3 Å². The van der Waals surface area contributed by atoms with Crippen LogP contribution in [-0.4, -0.2) is 42.3 Å². The summed E-state index contributed by atoms with van der Waals surface area (Å²) in [6.45, 7) is 3.98. The Morgan fingerprint density at radius 1 is 1.55 bits per heavy atom. The first-order chi connectivity index (χ1) is 9.30. The van der Waals surface area contributed by atoms with Crippen molar-refractivity contribution >= 4 is 29.1 Å². The van der Waals surface area contributed by atoms with Crippen molar-refractivity contribution in [3.63, 3.8) is 0 Å². The average molecular weight is 298 g/mol. The number of nitrogens with two attached hydrogens (primary N) is 1. The number of anilines is 2. The Labute approximate surface area is 123 Å². The van der Waals surface area contributed by atoms with Gasteiger partial charge in [-0.2, -0.15) is 11.8 Å². The largest absolute Gasteiger partial charge is 0.465 e. The monoisotopic (exact) mass is 298 g/mol. The van der Waals surface area contributed by atoms with Gasteiger partial charge in [-0.15, -0.1) is 0 Å². The molecule has 1 rings (SSSR count). The molecule has 0 aliphatic heterocycles. The summed E-state index contributed by atoms with van der Waals surface area (Å²) in [5, 5.41) is 13.3. The van der Waals surface area contributed by atoms with E-state index in [1.165, 1.54) is 7.11 Å². The second kappa shape index (κ2) is 6.85. The second-order valence-electron chi connectivity index (χ2n) is 5.03. The van der Waals surface area contributed by atoms with Crippen LogP contribution in [0.3, 0.4) is 0 Å². The van der Waals surface area contributed by atoms with Crippen molar-refractivity contribution in [2.24, 2.45) is 0 Å². The van der Waals surface area contributed by atoms with Crippen molar-refractivity contribution in [2.75, 3.05) is 36.7 Å². The fraction of sp³-hybridized carbons (Fsp3) is 0.500. The molecule has 1 atom stereocenters. The van der Waals surface area contributed by atoms with Gasteiger partial charge in [-0.05, 0) is 37.8 Å². The minimum absolute atomic E-state index is 0.333. The number of benzene rings is 1. The number of nitrogens with one attached hydrogen (secondary N) is 1. The molecule has 0 spiro atoms. The minimum Gasteiger partial charge on any atom is -0.465 e. The maximum absolute atomic E-state index is 11.7. The molecule has 0 bridgehead atoms. The van der Waals surface area contributed by atoms with Gasteiger partial charge in [0.05, 0.1) is 18.3 Å². The molecule has 0 aliphatic rings. The van der Waals surface area contributed by atoms with Crippen LogP contribution in [0.5, 0.6) is 0 Å². The maximum Gasteiger partial charge on any atom is 0.340 e. The van der Waals surface area contributed by atoms with E-state index in [9.17, 15) is 9.90 Å². The lowest BCUT2D eigenvalue weighted by Gasteiger charge is -2.23. The molecular weight excluding hydrogens is 276 g/mol. The number of carbonyl (C=O) groups excluding carboxylic acids is 1. The van der Waals surface area contributed by atoms with Crippen molar-refractivity contribution in [2.45, 2.75) is 19.4 Å². The fourth-order valence-electron chi connectivity index (χ4n) is 1.83. The van der Waals surface area contributed by atoms with E-state index in [1.54, 1.807) is 24.8 Å². The molecule has 20 heavy (non-hydrogen) atoms. The van der Waals surface area contributed by atoms with Gasteiger partial charge in [0.15, 0.2) is 0 Å². The molecule has 0 amide bonds. The highest BCUT2D eigenvalue weighted by atomic mass is 32.2. The number of ether oxygens (including phenoxy) is 1. The maximum atomic E-state index is 11.7. The number of hydrogen-bond acceptors (Lipinski definition) is 6. The summed E-state index contributed by atoms with van der Waals surface area (Å²) in [5.74, 6) is 0.155. The molecule has 0 saturated heterocycles. The molecule has 0 radical (unpaired) electrons. The van der Waals surface area contributed by atoms with Gasteiger partial charge in [-0.3, -0.25) is 0 Å². The normalized spacial score (nSPS) is 13.7. The summed E-state index contributed by atoms with van der Waals surface area (Å²) in [4.78, 5) is 11.7. The van der Waals surface area contributed by atoms with Crippen LogP contribution in [0.15, 0.2) is 12.1 Å². The van der Waals surface area contributed by atoms with Gasteiger partial charge in [-0.1, -0.05) is 0 Å². The van der Waals surface area contributed by atoms with Crippen LogP contribution in [0.1, 0.15) is 22.8 Å². The number of hydrogen-bond donors (Lipinski definition) is 3. The number of carbonyl (C=O) groups is 1. The summed E-state index contributed by atoms with van der Waals surface area (Å²) in [7, 11) is 1.32. The second-order valence-corrected chi connectivity index (χ2v) is 5.90. The van der Waals surface area contributed by atoms with Gasteiger partial charge in [0.25, 0.3) is 0 Å². The third kappa shape index (κ3) is 4.31. The molecule has 5 nitrogen and oxygen atoms in total. The Hall–Kier alpha value is -1.40. The Kier molecular flexibility index (Phi) is 5.71. The van der Waals surface area contributed by atoms with E-state index >= 15 is 0 Å². The summed E-state index contributed by atoms with van der Waals surface area (Å²) in [5.41, 5.74) is 7.33. The van der Waals surface area contributed by atoms with E-state index in [0.29, 0.717) is 23.5 Å². The number of methoxy groups -OCH3 is 1. The van der Waals surface area contributed by atoms with Gasteiger partial charge >= 0.3 is 5.97 Å². The third-order valence-corrected chi connectivity index (χ3v) is 3.83. The van der Waals surface area contributed by atoms with Crippen LogP contribution in [0, 0.1) is 6.92 Å². The molecule has 4 N–H and O–H groups in total. The Bertz CT molecular complexity index is 490. The van der Waals surface area contributed by atoms with Crippen LogP contribution in [0.2, 0.25) is 0 Å². The summed E-state index contributed by atoms with van der Waals surface area (Å²) < 4.78 is 4.71. The molecule has 1 aromatic carbocycles. The number of rotatable bonds is 6. The number of nitrogen functional groups attached to an aromatic ring is 1. The summed E-state index contributed by atoms with van der Waals surface area (Å²) in [6.07, 6.45) is 1.94. The first kappa shape index (κ1) is 16.7. The van der Waals surface area contributed by atoms with Gasteiger partial charge < -0.3 is 20.9 Å². The highest BCUT2D eigenvalue weighted by Gasteiger charge is 2.20. The van der Waals surface area contributed by atoms with Crippen LogP contribution >= 0.6 is 11.8 Å². The van der Waals surface area contributed by atoms with E-state index in [1.807, 2.05) is 19.2 Å². The van der Waals surface area contributed by atoms with E-state index < -0.39 is 11.6 Å². The molecule has 0 aromatic heterocycles. The SMILES string of the molecule is COC(=O)c1cc(NCC(C)(O)CSC)cc(C)c1N. The predicted molar refractivity (Wildman–Crippen MR) is 84.4 cm³/mol. The zero-order valence-electron chi connectivity index (χ0n) is 12.3. The quantitative estimate of drug-likeness (QED) is 0.549. The molecule has 6 heteroatoms. The lowest BCUT2D eigenvalue weighted by Crippen LogP contribution is -2.36. The zero-order chi connectivity index (χ0) is 15.3. The molecular formula is C14H22N2O3S. The minimum atomic E-state index is -0.819. The van der Waals surface area contributed by atoms with Crippen molar-refractivity contribution in [1.82, 2.24) is 0 Å². The van der Waals surface area contributed by atoms with Crippen LogP contribution in [0.4, 0.5) is 11.4 Å². The Morgan fingerprint density at radius 3 is 2.75 bits per heavy atom. The number of aryl methyl sites for hydroxylation is 1. The lowest BCUT2D eigenvalue weighted by molar-refractivity contribution is 0.0602. The summed E-state index contributed by atoms with van der Waals surface area (Å²) in [6, 6.07) is 3.49. The topological polar surface area (TPSA) is 84.6 Å². The fourth-order valence-corrected chi connectivity index (χ4v) is 2.56. The molecule has 112 valence electrons. The van der Waals surface area contributed by atoms with Gasteiger partial charge in [0.2, 0.25) is 0 Å².